The van der Waals surface area contributed by atoms with Crippen LogP contribution in [0.2, 0.25) is 19.6 Å². The van der Waals surface area contributed by atoms with E-state index in [4.69, 9.17) is 6.85 Å². The third-order valence-corrected chi connectivity index (χ3v) is 9.38. The van der Waals surface area contributed by atoms with E-state index in [1.807, 2.05) is 48.7 Å². The Morgan fingerprint density at radius 3 is 2.07 bits per heavy atom. The Bertz CT molecular complexity index is 2220. The fourth-order valence-electron chi connectivity index (χ4n) is 4.90. The van der Waals surface area contributed by atoms with Gasteiger partial charge in [0, 0.05) is 36.6 Å². The number of aryl methyl sites for hydroxylation is 1. The van der Waals surface area contributed by atoms with Crippen LogP contribution in [0, 0.1) is 19.0 Å². The van der Waals surface area contributed by atoms with Gasteiger partial charge in [-0.25, -0.2) is 0 Å². The molecule has 2 aromatic heterocycles. The van der Waals surface area contributed by atoms with Gasteiger partial charge in [-0.3, -0.25) is 0 Å². The van der Waals surface area contributed by atoms with Gasteiger partial charge in [0.05, 0.1) is 10.8 Å². The van der Waals surface area contributed by atoms with E-state index in [-0.39, 0.29) is 37.8 Å². The largest absolute Gasteiger partial charge is 0.305 e. The Morgan fingerprint density at radius 1 is 0.659 bits per heavy atom. The summed E-state index contributed by atoms with van der Waals surface area (Å²) in [6.45, 7) is 4.83. The third-order valence-electron chi connectivity index (χ3n) is 7.35. The van der Waals surface area contributed by atoms with Crippen LogP contribution in [-0.2, 0) is 20.1 Å². The summed E-state index contributed by atoms with van der Waals surface area (Å²) in [5.41, 5.74) is 5.88. The first-order chi connectivity index (χ1) is 22.9. The summed E-state index contributed by atoms with van der Waals surface area (Å²) >= 11 is 0. The molecule has 4 heteroatoms. The van der Waals surface area contributed by atoms with Gasteiger partial charge in [0.2, 0.25) is 0 Å². The molecule has 0 aliphatic rings. The van der Waals surface area contributed by atoms with E-state index in [1.165, 1.54) is 28.6 Å². The molecule has 0 saturated carbocycles. The predicted octanol–water partition coefficient (Wildman–Crippen LogP) is 9.92. The van der Waals surface area contributed by atoms with Gasteiger partial charge in [-0.2, -0.15) is 0 Å². The molecule has 0 saturated heterocycles. The molecule has 1 radical (unpaired) electrons. The van der Waals surface area contributed by atoms with Crippen LogP contribution in [-0.4, -0.2) is 18.0 Å². The zero-order valence-electron chi connectivity index (χ0n) is 29.8. The molecule has 7 rings (SSSR count). The summed E-state index contributed by atoms with van der Waals surface area (Å²) in [7, 11) is -1.29. The van der Waals surface area contributed by atoms with Crippen LogP contribution in [0.15, 0.2) is 134 Å². The maximum absolute atomic E-state index is 8.35. The topological polar surface area (TPSA) is 25.8 Å². The first-order valence-electron chi connectivity index (χ1n) is 16.7. The Labute approximate surface area is 282 Å². The number of hydrogen-bond donors (Lipinski definition) is 0. The first kappa shape index (κ1) is 25.1. The van der Waals surface area contributed by atoms with Gasteiger partial charge in [-0.15, -0.1) is 64.5 Å². The molecular formula is C40H34IrN2Si-2. The smallest absolute Gasteiger partial charge is 0.0795 e. The van der Waals surface area contributed by atoms with Crippen molar-refractivity contribution in [1.82, 2.24) is 9.97 Å². The van der Waals surface area contributed by atoms with Crippen molar-refractivity contribution >= 4 is 34.8 Å². The second kappa shape index (κ2) is 13.6. The summed E-state index contributed by atoms with van der Waals surface area (Å²) < 4.78 is 38.9. The van der Waals surface area contributed by atoms with Crippen LogP contribution < -0.4 is 5.19 Å². The minimum atomic E-state index is -2.19. The van der Waals surface area contributed by atoms with Crippen molar-refractivity contribution in [3.05, 3.63) is 151 Å². The molecule has 2 nitrogen and oxygen atoms in total. The number of aromatic nitrogens is 2. The number of benzene rings is 5. The second-order valence-corrected chi connectivity index (χ2v) is 16.5. The number of nitrogens with zero attached hydrogens (tertiary/aromatic N) is 2. The second-order valence-electron chi connectivity index (χ2n) is 11.4. The molecule has 0 aliphatic heterocycles. The fourth-order valence-corrected chi connectivity index (χ4v) is 5.94. The summed E-state index contributed by atoms with van der Waals surface area (Å²) in [5, 5.41) is 4.56. The zero-order valence-corrected chi connectivity index (χ0v) is 28.2. The van der Waals surface area contributed by atoms with Crippen LogP contribution in [0.4, 0.5) is 0 Å². The summed E-state index contributed by atoms with van der Waals surface area (Å²) in [6.07, 6.45) is 3.38. The average Bonchev–Trinajstić information content (AvgIpc) is 3.10. The molecule has 0 N–H and O–H groups in total. The predicted molar refractivity (Wildman–Crippen MR) is 185 cm³/mol. The molecule has 0 spiro atoms. The number of pyridine rings is 2. The van der Waals surface area contributed by atoms with Crippen molar-refractivity contribution in [2.75, 3.05) is 0 Å². The minimum absolute atomic E-state index is 0. The monoisotopic (exact) mass is 768 g/mol. The zero-order chi connectivity index (χ0) is 34.1. The summed E-state index contributed by atoms with van der Waals surface area (Å²) in [4.78, 5) is 8.89. The van der Waals surface area contributed by atoms with Crippen molar-refractivity contribution in [2.45, 2.75) is 26.5 Å². The van der Waals surface area contributed by atoms with Crippen molar-refractivity contribution in [1.29, 1.82) is 0 Å². The van der Waals surface area contributed by atoms with E-state index in [2.05, 4.69) is 90.3 Å². The molecule has 0 bridgehead atoms. The molecule has 5 aromatic carbocycles. The Balaban J connectivity index is 0.000000190. The van der Waals surface area contributed by atoms with Gasteiger partial charge in [-0.05, 0) is 39.9 Å². The Kier molecular flexibility index (Phi) is 7.78. The molecule has 0 aliphatic carbocycles. The minimum Gasteiger partial charge on any atom is -0.305 e. The Morgan fingerprint density at radius 2 is 1.36 bits per heavy atom. The Hall–Kier alpha value is -4.21. The maximum Gasteiger partial charge on any atom is 0.0795 e. The molecule has 0 amide bonds. The van der Waals surface area contributed by atoms with Gasteiger partial charge < -0.3 is 9.97 Å². The molecule has 0 fully saturated rings. The van der Waals surface area contributed by atoms with Crippen molar-refractivity contribution in [2.24, 2.45) is 0 Å². The SMILES string of the molecule is C[Si](C)(C)c1ccc(-c2[c-]ccc(-c3ccccc3)c2)nc1.[2H]c1c([2H])c2ccccc2c2c[c-]c(-c3ccc(C([2H])([2H])[2H])cn3)cc12.[Ir]. The number of hydrogen-bond acceptors (Lipinski definition) is 2. The number of rotatable bonds is 4. The van der Waals surface area contributed by atoms with Crippen LogP contribution >= 0.6 is 0 Å². The van der Waals surface area contributed by atoms with E-state index in [0.29, 0.717) is 16.6 Å². The molecular weight excluding hydrogens is 729 g/mol. The maximum atomic E-state index is 8.35. The van der Waals surface area contributed by atoms with Gasteiger partial charge >= 0.3 is 0 Å². The normalized spacial score (nSPS) is 12.9. The van der Waals surface area contributed by atoms with Gasteiger partial charge in [0.1, 0.15) is 0 Å². The quantitative estimate of drug-likeness (QED) is 0.101. The van der Waals surface area contributed by atoms with E-state index < -0.39 is 14.9 Å². The van der Waals surface area contributed by atoms with E-state index in [9.17, 15) is 0 Å². The number of fused-ring (bicyclic) bond motifs is 3. The van der Waals surface area contributed by atoms with E-state index >= 15 is 0 Å². The van der Waals surface area contributed by atoms with Crippen LogP contribution in [0.1, 0.15) is 12.4 Å². The molecule has 0 unspecified atom stereocenters. The standard InChI is InChI=1S/C20H20NSi.C20H14N.Ir/c1-22(2,3)19-12-13-20(21-15-19)18-11-7-10-17(14-18)16-8-5-4-6-9-16;1-14-6-11-20(21-13-14)17-9-10-19-16(12-17)8-7-15-4-2-3-5-18(15)19;/h4-10,12-15H,1-3H3;2-8,10-13H,1H3;/q2*-1;/i;1D3,7D,8D;. The summed E-state index contributed by atoms with van der Waals surface area (Å²) in [6, 6.07) is 42.1. The van der Waals surface area contributed by atoms with E-state index in [0.717, 1.165) is 27.4 Å². The van der Waals surface area contributed by atoms with Gasteiger partial charge in [0.15, 0.2) is 0 Å². The molecule has 7 aromatic rings. The summed E-state index contributed by atoms with van der Waals surface area (Å²) in [5.74, 6) is 0. The van der Waals surface area contributed by atoms with Crippen LogP contribution in [0.25, 0.3) is 55.2 Å². The first-order valence-corrected chi connectivity index (χ1v) is 17.7. The van der Waals surface area contributed by atoms with Crippen molar-refractivity contribution in [3.8, 4) is 33.6 Å². The third kappa shape index (κ3) is 7.11. The van der Waals surface area contributed by atoms with E-state index in [1.54, 1.807) is 12.1 Å². The molecule has 44 heavy (non-hydrogen) atoms. The van der Waals surface area contributed by atoms with Crippen molar-refractivity contribution < 1.29 is 27.0 Å². The van der Waals surface area contributed by atoms with Crippen molar-refractivity contribution in [3.63, 3.8) is 0 Å². The molecule has 0 atom stereocenters. The molecule has 2 heterocycles. The average molecular weight is 768 g/mol. The van der Waals surface area contributed by atoms with Crippen LogP contribution in [0.5, 0.6) is 0 Å². The molecule has 219 valence electrons. The van der Waals surface area contributed by atoms with Gasteiger partial charge in [-0.1, -0.05) is 121 Å². The van der Waals surface area contributed by atoms with Crippen LogP contribution in [0.3, 0.4) is 0 Å². The van der Waals surface area contributed by atoms with Gasteiger partial charge in [0.25, 0.3) is 0 Å². The fraction of sp³-hybridized carbons (Fsp3) is 0.100.